The van der Waals surface area contributed by atoms with Crippen LogP contribution in [0.3, 0.4) is 0 Å². The van der Waals surface area contributed by atoms with Crippen LogP contribution in [0.5, 0.6) is 0 Å². The third-order valence-corrected chi connectivity index (χ3v) is 3.09. The first-order chi connectivity index (χ1) is 8.00. The van der Waals surface area contributed by atoms with Crippen molar-refractivity contribution in [3.63, 3.8) is 0 Å². The molecule has 1 unspecified atom stereocenters. The summed E-state index contributed by atoms with van der Waals surface area (Å²) in [5.74, 6) is 0.645. The highest BCUT2D eigenvalue weighted by Crippen LogP contribution is 2.13. The normalized spacial score (nSPS) is 12.8. The Morgan fingerprint density at radius 2 is 1.82 bits per heavy atom. The molecule has 0 bridgehead atoms. The van der Waals surface area contributed by atoms with Gasteiger partial charge in [0.05, 0.1) is 0 Å². The average Bonchev–Trinajstić information content (AvgIpc) is 2.28. The van der Waals surface area contributed by atoms with Crippen molar-refractivity contribution in [3.05, 3.63) is 34.3 Å². The predicted octanol–water partition coefficient (Wildman–Crippen LogP) is 4.08. The molecule has 0 aliphatic rings. The molecule has 0 N–H and O–H groups in total. The second-order valence-electron chi connectivity index (χ2n) is 4.57. The first kappa shape index (κ1) is 14.4. The summed E-state index contributed by atoms with van der Waals surface area (Å²) >= 11 is 3.35. The first-order valence-corrected chi connectivity index (χ1v) is 6.71. The molecule has 1 atom stereocenters. The molecule has 17 heavy (non-hydrogen) atoms. The number of halogens is 1. The quantitative estimate of drug-likeness (QED) is 0.740. The van der Waals surface area contributed by atoms with Gasteiger partial charge >= 0.3 is 0 Å². The highest BCUT2D eigenvalue weighted by molar-refractivity contribution is 9.10. The van der Waals surface area contributed by atoms with Crippen LogP contribution in [-0.2, 0) is 4.74 Å². The largest absolute Gasteiger partial charge is 0.370 e. The predicted molar refractivity (Wildman–Crippen MR) is 73.3 cm³/mol. The molecule has 2 nitrogen and oxygen atoms in total. The van der Waals surface area contributed by atoms with Crippen molar-refractivity contribution in [1.82, 2.24) is 0 Å². The smallest absolute Gasteiger partial charge is 0.191 e. The molecule has 94 valence electrons. The van der Waals surface area contributed by atoms with E-state index in [1.54, 1.807) is 0 Å². The van der Waals surface area contributed by atoms with Crippen LogP contribution in [0.2, 0.25) is 0 Å². The minimum atomic E-state index is -0.366. The topological polar surface area (TPSA) is 26.3 Å². The number of hydrogen-bond donors (Lipinski definition) is 0. The molecule has 0 saturated carbocycles. The van der Waals surface area contributed by atoms with Gasteiger partial charge in [-0.2, -0.15) is 0 Å². The van der Waals surface area contributed by atoms with E-state index >= 15 is 0 Å². The number of hydrogen-bond acceptors (Lipinski definition) is 2. The van der Waals surface area contributed by atoms with Crippen LogP contribution in [0.4, 0.5) is 0 Å². The van der Waals surface area contributed by atoms with Gasteiger partial charge in [0.2, 0.25) is 0 Å². The van der Waals surface area contributed by atoms with Gasteiger partial charge in [-0.1, -0.05) is 41.9 Å². The molecule has 0 aliphatic carbocycles. The number of benzene rings is 1. The fourth-order valence-corrected chi connectivity index (χ4v) is 1.67. The summed E-state index contributed by atoms with van der Waals surface area (Å²) in [6, 6.07) is 7.37. The molecule has 0 aromatic heterocycles. The Balaban J connectivity index is 2.49. The number of carbonyl (C=O) groups excluding carboxylic acids is 1. The van der Waals surface area contributed by atoms with Gasteiger partial charge in [-0.15, -0.1) is 0 Å². The molecule has 3 heteroatoms. The van der Waals surface area contributed by atoms with Gasteiger partial charge in [-0.3, -0.25) is 4.79 Å². The number of ether oxygens (including phenoxy) is 1. The van der Waals surface area contributed by atoms with E-state index in [4.69, 9.17) is 4.74 Å². The summed E-state index contributed by atoms with van der Waals surface area (Å²) in [7, 11) is 0. The Morgan fingerprint density at radius 3 is 2.35 bits per heavy atom. The van der Waals surface area contributed by atoms with Gasteiger partial charge in [0, 0.05) is 16.6 Å². The minimum Gasteiger partial charge on any atom is -0.370 e. The number of rotatable bonds is 6. The van der Waals surface area contributed by atoms with Gasteiger partial charge in [0.1, 0.15) is 6.10 Å². The van der Waals surface area contributed by atoms with Crippen LogP contribution in [0.15, 0.2) is 28.7 Å². The standard InChI is InChI=1S/C14H19BrO2/c1-10(2)8-9-17-11(3)14(16)12-4-6-13(15)7-5-12/h4-7,10-11H,8-9H2,1-3H3. The molecule has 1 aromatic carbocycles. The Bertz CT molecular complexity index is 357. The van der Waals surface area contributed by atoms with Crippen LogP contribution in [-0.4, -0.2) is 18.5 Å². The first-order valence-electron chi connectivity index (χ1n) is 5.92. The van der Waals surface area contributed by atoms with E-state index in [1.165, 1.54) is 0 Å². The second-order valence-corrected chi connectivity index (χ2v) is 5.48. The Morgan fingerprint density at radius 1 is 1.24 bits per heavy atom. The number of carbonyl (C=O) groups is 1. The average molecular weight is 299 g/mol. The lowest BCUT2D eigenvalue weighted by molar-refractivity contribution is 0.0443. The van der Waals surface area contributed by atoms with E-state index in [1.807, 2.05) is 31.2 Å². The molecule has 1 aromatic rings. The van der Waals surface area contributed by atoms with E-state index in [0.29, 0.717) is 18.1 Å². The van der Waals surface area contributed by atoms with Crippen LogP contribution in [0.1, 0.15) is 37.6 Å². The Labute approximate surface area is 111 Å². The molecular formula is C14H19BrO2. The summed E-state index contributed by atoms with van der Waals surface area (Å²) in [5.41, 5.74) is 0.699. The zero-order valence-corrected chi connectivity index (χ0v) is 12.2. The Kier molecular flexibility index (Phi) is 5.86. The monoisotopic (exact) mass is 298 g/mol. The van der Waals surface area contributed by atoms with Gasteiger partial charge in [-0.05, 0) is 31.4 Å². The molecule has 0 fully saturated rings. The van der Waals surface area contributed by atoms with Crippen LogP contribution < -0.4 is 0 Å². The Hall–Kier alpha value is -0.670. The lowest BCUT2D eigenvalue weighted by Crippen LogP contribution is -2.21. The van der Waals surface area contributed by atoms with Crippen molar-refractivity contribution in [2.75, 3.05) is 6.61 Å². The molecule has 0 heterocycles. The van der Waals surface area contributed by atoms with Crippen molar-refractivity contribution in [3.8, 4) is 0 Å². The highest BCUT2D eigenvalue weighted by atomic mass is 79.9. The van der Waals surface area contributed by atoms with Gasteiger partial charge < -0.3 is 4.74 Å². The minimum absolute atomic E-state index is 0.0428. The molecular weight excluding hydrogens is 280 g/mol. The number of ketones is 1. The van der Waals surface area contributed by atoms with E-state index in [0.717, 1.165) is 10.9 Å². The molecule has 0 spiro atoms. The summed E-state index contributed by atoms with van der Waals surface area (Å²) in [4.78, 5) is 12.0. The molecule has 0 saturated heterocycles. The highest BCUT2D eigenvalue weighted by Gasteiger charge is 2.15. The van der Waals surface area contributed by atoms with Crippen LogP contribution in [0.25, 0.3) is 0 Å². The zero-order chi connectivity index (χ0) is 12.8. The summed E-state index contributed by atoms with van der Waals surface area (Å²) < 4.78 is 6.51. The fraction of sp³-hybridized carbons (Fsp3) is 0.500. The van der Waals surface area contributed by atoms with Crippen LogP contribution >= 0.6 is 15.9 Å². The zero-order valence-electron chi connectivity index (χ0n) is 10.6. The van der Waals surface area contributed by atoms with E-state index in [-0.39, 0.29) is 11.9 Å². The van der Waals surface area contributed by atoms with Crippen molar-refractivity contribution in [2.45, 2.75) is 33.3 Å². The lowest BCUT2D eigenvalue weighted by Gasteiger charge is -2.13. The summed E-state index contributed by atoms with van der Waals surface area (Å²) in [6.45, 7) is 6.74. The maximum atomic E-state index is 12.0. The fourth-order valence-electron chi connectivity index (χ4n) is 1.41. The van der Waals surface area contributed by atoms with Gasteiger partial charge in [0.25, 0.3) is 0 Å². The van der Waals surface area contributed by atoms with Crippen molar-refractivity contribution >= 4 is 21.7 Å². The maximum Gasteiger partial charge on any atom is 0.191 e. The van der Waals surface area contributed by atoms with Crippen molar-refractivity contribution < 1.29 is 9.53 Å². The SMILES string of the molecule is CC(C)CCOC(C)C(=O)c1ccc(Br)cc1. The van der Waals surface area contributed by atoms with Crippen molar-refractivity contribution in [2.24, 2.45) is 5.92 Å². The van der Waals surface area contributed by atoms with Gasteiger partial charge in [-0.25, -0.2) is 0 Å². The van der Waals surface area contributed by atoms with E-state index in [2.05, 4.69) is 29.8 Å². The van der Waals surface area contributed by atoms with E-state index in [9.17, 15) is 4.79 Å². The third-order valence-electron chi connectivity index (χ3n) is 2.56. The molecule has 0 radical (unpaired) electrons. The third kappa shape index (κ3) is 5.00. The molecule has 1 rings (SSSR count). The maximum absolute atomic E-state index is 12.0. The summed E-state index contributed by atoms with van der Waals surface area (Å²) in [5, 5.41) is 0. The van der Waals surface area contributed by atoms with E-state index < -0.39 is 0 Å². The molecule has 0 aliphatic heterocycles. The van der Waals surface area contributed by atoms with Gasteiger partial charge in [0.15, 0.2) is 5.78 Å². The summed E-state index contributed by atoms with van der Waals surface area (Å²) in [6.07, 6.45) is 0.618. The second kappa shape index (κ2) is 6.92. The van der Waals surface area contributed by atoms with Crippen LogP contribution in [0, 0.1) is 5.92 Å². The van der Waals surface area contributed by atoms with Crippen molar-refractivity contribution in [1.29, 1.82) is 0 Å². The number of Topliss-reactive ketones (excluding diaryl/α,β-unsaturated/α-hetero) is 1. The lowest BCUT2D eigenvalue weighted by atomic mass is 10.1. The molecule has 0 amide bonds.